The van der Waals surface area contributed by atoms with Gasteiger partial charge in [0, 0.05) is 19.6 Å². The smallest absolute Gasteiger partial charge is 0.323 e. The van der Waals surface area contributed by atoms with Crippen LogP contribution < -0.4 is 0 Å². The summed E-state index contributed by atoms with van der Waals surface area (Å²) in [7, 11) is 1.64. The Morgan fingerprint density at radius 3 is 2.71 bits per heavy atom. The van der Waals surface area contributed by atoms with E-state index in [1.54, 1.807) is 25.2 Å². The molecule has 2 rings (SSSR count). The lowest BCUT2D eigenvalue weighted by molar-refractivity contribution is -0.137. The van der Waals surface area contributed by atoms with Crippen molar-refractivity contribution in [2.75, 3.05) is 13.6 Å². The first kappa shape index (κ1) is 14.9. The van der Waals surface area contributed by atoms with Gasteiger partial charge in [0.1, 0.15) is 6.54 Å². The number of hydrogen-bond donors (Lipinski definition) is 1. The predicted octanol–water partition coefficient (Wildman–Crippen LogP) is 1.66. The van der Waals surface area contributed by atoms with Gasteiger partial charge < -0.3 is 14.9 Å². The fraction of sp³-hybridized carbons (Fsp3) is 0.400. The van der Waals surface area contributed by atoms with E-state index < -0.39 is 5.97 Å². The first-order valence-electron chi connectivity index (χ1n) is 6.74. The molecule has 1 aromatic carbocycles. The number of carboxylic acids is 1. The third kappa shape index (κ3) is 3.96. The zero-order valence-electron chi connectivity index (χ0n) is 11.8. The molecule has 0 radical (unpaired) electrons. The van der Waals surface area contributed by atoms with Gasteiger partial charge in [0.25, 0.3) is 0 Å². The highest BCUT2D eigenvalue weighted by molar-refractivity contribution is 5.80. The molecule has 1 aliphatic rings. The average molecular weight is 287 g/mol. The minimum absolute atomic E-state index is 0.0430. The molecule has 0 bridgehead atoms. The Morgan fingerprint density at radius 2 is 2.14 bits per heavy atom. The minimum Gasteiger partial charge on any atom is -0.480 e. The molecule has 0 heterocycles. The molecule has 0 aliphatic heterocycles. The van der Waals surface area contributed by atoms with E-state index in [9.17, 15) is 9.59 Å². The van der Waals surface area contributed by atoms with E-state index in [-0.39, 0.29) is 18.6 Å². The Bertz CT molecular complexity index is 590. The fourth-order valence-electron chi connectivity index (χ4n) is 2.18. The molecule has 6 nitrogen and oxygen atoms in total. The number of carbonyl (C=O) groups excluding carboxylic acids is 1. The van der Waals surface area contributed by atoms with Crippen molar-refractivity contribution in [2.24, 2.45) is 0 Å². The molecule has 21 heavy (non-hydrogen) atoms. The lowest BCUT2D eigenvalue weighted by Crippen LogP contribution is -2.44. The number of carbonyl (C=O) groups is 2. The summed E-state index contributed by atoms with van der Waals surface area (Å²) in [6.07, 6.45) is 1.72. The van der Waals surface area contributed by atoms with E-state index in [1.165, 1.54) is 9.80 Å². The van der Waals surface area contributed by atoms with E-state index in [1.807, 2.05) is 6.07 Å². The number of amides is 2. The van der Waals surface area contributed by atoms with Crippen molar-refractivity contribution < 1.29 is 14.7 Å². The number of nitrogens with zero attached hydrogens (tertiary/aromatic N) is 3. The molecule has 0 atom stereocenters. The molecule has 1 aromatic rings. The Balaban J connectivity index is 2.03. The number of carboxylic acid groups (broad SMARTS) is 1. The number of urea groups is 1. The molecule has 1 saturated carbocycles. The van der Waals surface area contributed by atoms with Crippen LogP contribution in [0.2, 0.25) is 0 Å². The van der Waals surface area contributed by atoms with Crippen LogP contribution in [0, 0.1) is 11.3 Å². The number of hydrogen-bond acceptors (Lipinski definition) is 3. The zero-order chi connectivity index (χ0) is 15.4. The van der Waals surface area contributed by atoms with Crippen LogP contribution in [0.4, 0.5) is 4.79 Å². The van der Waals surface area contributed by atoms with Crippen molar-refractivity contribution in [3.05, 3.63) is 35.4 Å². The third-order valence-corrected chi connectivity index (χ3v) is 3.34. The summed E-state index contributed by atoms with van der Waals surface area (Å²) in [6, 6.07) is 8.84. The van der Waals surface area contributed by atoms with Crippen LogP contribution in [0.15, 0.2) is 24.3 Å². The van der Waals surface area contributed by atoms with Gasteiger partial charge in [0.15, 0.2) is 0 Å². The minimum atomic E-state index is -1.00. The van der Waals surface area contributed by atoms with Crippen molar-refractivity contribution in [1.29, 1.82) is 5.26 Å². The lowest BCUT2D eigenvalue weighted by atomic mass is 10.1. The zero-order valence-corrected chi connectivity index (χ0v) is 11.8. The van der Waals surface area contributed by atoms with Crippen molar-refractivity contribution in [3.8, 4) is 6.07 Å². The first-order valence-corrected chi connectivity index (χ1v) is 6.74. The van der Waals surface area contributed by atoms with E-state index in [2.05, 4.69) is 6.07 Å². The van der Waals surface area contributed by atoms with Gasteiger partial charge in [0.2, 0.25) is 0 Å². The molecule has 2 amide bonds. The molecular formula is C15H17N3O3. The van der Waals surface area contributed by atoms with Crippen molar-refractivity contribution >= 4 is 12.0 Å². The van der Waals surface area contributed by atoms with Crippen LogP contribution in [0.25, 0.3) is 0 Å². The van der Waals surface area contributed by atoms with Crippen LogP contribution in [0.3, 0.4) is 0 Å². The van der Waals surface area contributed by atoms with Gasteiger partial charge >= 0.3 is 12.0 Å². The molecule has 6 heteroatoms. The van der Waals surface area contributed by atoms with Gasteiger partial charge in [-0.15, -0.1) is 0 Å². The second-order valence-electron chi connectivity index (χ2n) is 5.20. The number of aliphatic carboxylic acids is 1. The van der Waals surface area contributed by atoms with Crippen LogP contribution in [0.5, 0.6) is 0 Å². The van der Waals surface area contributed by atoms with E-state index in [0.29, 0.717) is 12.1 Å². The molecular weight excluding hydrogens is 270 g/mol. The second kappa shape index (κ2) is 6.27. The largest absolute Gasteiger partial charge is 0.480 e. The Morgan fingerprint density at radius 1 is 1.43 bits per heavy atom. The Hall–Kier alpha value is -2.55. The number of rotatable bonds is 5. The SMILES string of the molecule is CN(Cc1cccc(C#N)c1)C(=O)N(CC(=O)O)C1CC1. The van der Waals surface area contributed by atoms with Gasteiger partial charge in [-0.1, -0.05) is 12.1 Å². The molecule has 0 saturated heterocycles. The highest BCUT2D eigenvalue weighted by Gasteiger charge is 2.35. The normalized spacial score (nSPS) is 13.3. The summed E-state index contributed by atoms with van der Waals surface area (Å²) in [5, 5.41) is 17.8. The standard InChI is InChI=1S/C15H17N3O3/c1-17(9-12-4-2-3-11(7-12)8-16)15(21)18(10-14(19)20)13-5-6-13/h2-4,7,13H,5-6,9-10H2,1H3,(H,19,20). The van der Waals surface area contributed by atoms with Crippen LogP contribution >= 0.6 is 0 Å². The van der Waals surface area contributed by atoms with Crippen molar-refractivity contribution in [1.82, 2.24) is 9.80 Å². The van der Waals surface area contributed by atoms with Gasteiger partial charge in [-0.2, -0.15) is 5.26 Å². The summed E-state index contributed by atoms with van der Waals surface area (Å²) in [6.45, 7) is 0.0727. The summed E-state index contributed by atoms with van der Waals surface area (Å²) < 4.78 is 0. The van der Waals surface area contributed by atoms with Crippen LogP contribution in [-0.2, 0) is 11.3 Å². The maximum Gasteiger partial charge on any atom is 0.323 e. The van der Waals surface area contributed by atoms with Gasteiger partial charge in [-0.25, -0.2) is 4.79 Å². The molecule has 1 N–H and O–H groups in total. The third-order valence-electron chi connectivity index (χ3n) is 3.34. The van der Waals surface area contributed by atoms with Gasteiger partial charge in [0.05, 0.1) is 11.6 Å². The second-order valence-corrected chi connectivity index (χ2v) is 5.20. The molecule has 1 fully saturated rings. The quantitative estimate of drug-likeness (QED) is 0.892. The number of nitriles is 1. The van der Waals surface area contributed by atoms with E-state index in [4.69, 9.17) is 10.4 Å². The topological polar surface area (TPSA) is 84.6 Å². The Labute approximate surface area is 123 Å². The van der Waals surface area contributed by atoms with E-state index in [0.717, 1.165) is 18.4 Å². The number of benzene rings is 1. The van der Waals surface area contributed by atoms with Gasteiger partial charge in [-0.3, -0.25) is 4.79 Å². The monoisotopic (exact) mass is 287 g/mol. The first-order chi connectivity index (χ1) is 10.0. The maximum absolute atomic E-state index is 12.3. The molecule has 1 aliphatic carbocycles. The van der Waals surface area contributed by atoms with Crippen molar-refractivity contribution in [3.63, 3.8) is 0 Å². The highest BCUT2D eigenvalue weighted by atomic mass is 16.4. The molecule has 0 spiro atoms. The van der Waals surface area contributed by atoms with E-state index >= 15 is 0 Å². The predicted molar refractivity (Wildman–Crippen MR) is 75.4 cm³/mol. The molecule has 110 valence electrons. The summed E-state index contributed by atoms with van der Waals surface area (Å²) in [5.74, 6) is -1.00. The molecule has 0 aromatic heterocycles. The van der Waals surface area contributed by atoms with Crippen LogP contribution in [0.1, 0.15) is 24.0 Å². The van der Waals surface area contributed by atoms with Crippen LogP contribution in [-0.4, -0.2) is 46.5 Å². The highest BCUT2D eigenvalue weighted by Crippen LogP contribution is 2.27. The maximum atomic E-state index is 12.3. The summed E-state index contributed by atoms with van der Waals surface area (Å²) in [4.78, 5) is 26.1. The summed E-state index contributed by atoms with van der Waals surface area (Å²) in [5.41, 5.74) is 1.38. The fourth-order valence-corrected chi connectivity index (χ4v) is 2.18. The summed E-state index contributed by atoms with van der Waals surface area (Å²) >= 11 is 0. The Kier molecular flexibility index (Phi) is 4.43. The van der Waals surface area contributed by atoms with Gasteiger partial charge in [-0.05, 0) is 30.5 Å². The van der Waals surface area contributed by atoms with Crippen molar-refractivity contribution in [2.45, 2.75) is 25.4 Å². The molecule has 0 unspecified atom stereocenters. The average Bonchev–Trinajstić information content (AvgIpc) is 3.28. The lowest BCUT2D eigenvalue weighted by Gasteiger charge is -2.27.